The molecule has 2 aromatic rings. The first-order chi connectivity index (χ1) is 12.4. The second-order valence-electron chi connectivity index (χ2n) is 6.08. The summed E-state index contributed by atoms with van der Waals surface area (Å²) >= 11 is 0. The molecule has 1 amide bonds. The first-order valence-electron chi connectivity index (χ1n) is 8.69. The van der Waals surface area contributed by atoms with Crippen LogP contribution in [0.4, 0.5) is 4.79 Å². The van der Waals surface area contributed by atoms with Crippen molar-refractivity contribution in [3.63, 3.8) is 0 Å². The van der Waals surface area contributed by atoms with Crippen molar-refractivity contribution in [1.29, 1.82) is 0 Å². The van der Waals surface area contributed by atoms with Crippen molar-refractivity contribution in [3.05, 3.63) is 66.2 Å². The average Bonchev–Trinajstić information content (AvgIpc) is 2.66. The van der Waals surface area contributed by atoms with E-state index in [9.17, 15) is 13.2 Å². The summed E-state index contributed by atoms with van der Waals surface area (Å²) < 4.78 is 30.1. The van der Waals surface area contributed by atoms with Crippen LogP contribution in [0, 0.1) is 0 Å². The molecule has 0 aliphatic rings. The van der Waals surface area contributed by atoms with Crippen molar-refractivity contribution in [3.8, 4) is 0 Å². The fraction of sp³-hybridized carbons (Fsp3) is 0.350. The van der Waals surface area contributed by atoms with Gasteiger partial charge in [0.1, 0.15) is 0 Å². The van der Waals surface area contributed by atoms with Crippen LogP contribution in [0.15, 0.2) is 65.6 Å². The third kappa shape index (κ3) is 5.59. The van der Waals surface area contributed by atoms with E-state index in [0.717, 1.165) is 5.56 Å². The van der Waals surface area contributed by atoms with E-state index in [1.807, 2.05) is 37.3 Å². The molecule has 0 aromatic heterocycles. The summed E-state index contributed by atoms with van der Waals surface area (Å²) in [5.74, 6) is -0.0249. The van der Waals surface area contributed by atoms with E-state index >= 15 is 0 Å². The van der Waals surface area contributed by atoms with E-state index in [1.165, 1.54) is 0 Å². The van der Waals surface area contributed by atoms with Gasteiger partial charge in [-0.05, 0) is 38.0 Å². The fourth-order valence-electron chi connectivity index (χ4n) is 2.61. The number of amides is 1. The van der Waals surface area contributed by atoms with Crippen molar-refractivity contribution < 1.29 is 17.9 Å². The first-order valence-corrected chi connectivity index (χ1v) is 10.3. The topological polar surface area (TPSA) is 63.7 Å². The minimum Gasteiger partial charge on any atom is -0.450 e. The molecule has 0 bridgehead atoms. The second-order valence-corrected chi connectivity index (χ2v) is 8.19. The van der Waals surface area contributed by atoms with E-state index < -0.39 is 15.9 Å². The molecule has 0 fully saturated rings. The third-order valence-electron chi connectivity index (χ3n) is 4.14. The lowest BCUT2D eigenvalue weighted by Crippen LogP contribution is -2.39. The Balaban J connectivity index is 2.08. The van der Waals surface area contributed by atoms with Crippen LogP contribution in [0.3, 0.4) is 0 Å². The van der Waals surface area contributed by atoms with Gasteiger partial charge >= 0.3 is 6.09 Å². The van der Waals surface area contributed by atoms with E-state index in [0.29, 0.717) is 17.9 Å². The summed E-state index contributed by atoms with van der Waals surface area (Å²) in [7, 11) is -3.38. The Morgan fingerprint density at radius 2 is 1.62 bits per heavy atom. The molecule has 140 valence electrons. The van der Waals surface area contributed by atoms with Gasteiger partial charge in [0.05, 0.1) is 17.3 Å². The van der Waals surface area contributed by atoms with Gasteiger partial charge < -0.3 is 9.64 Å². The Morgan fingerprint density at radius 3 is 2.19 bits per heavy atom. The number of nitrogens with zero attached hydrogens (tertiary/aromatic N) is 1. The Bertz CT molecular complexity index is 791. The van der Waals surface area contributed by atoms with Crippen LogP contribution in [0.2, 0.25) is 0 Å². The summed E-state index contributed by atoms with van der Waals surface area (Å²) in [6.07, 6.45) is -0.0935. The zero-order valence-electron chi connectivity index (χ0n) is 15.2. The van der Waals surface area contributed by atoms with Crippen molar-refractivity contribution in [2.45, 2.75) is 37.8 Å². The summed E-state index contributed by atoms with van der Waals surface area (Å²) in [4.78, 5) is 14.2. The van der Waals surface area contributed by atoms with Gasteiger partial charge in [0.2, 0.25) is 0 Å². The van der Waals surface area contributed by atoms with Crippen LogP contribution in [0.5, 0.6) is 0 Å². The molecule has 0 heterocycles. The summed E-state index contributed by atoms with van der Waals surface area (Å²) in [5.41, 5.74) is 0.971. The Labute approximate surface area is 155 Å². The Morgan fingerprint density at radius 1 is 1.04 bits per heavy atom. The maximum absolute atomic E-state index is 12.5. The monoisotopic (exact) mass is 375 g/mol. The van der Waals surface area contributed by atoms with Crippen molar-refractivity contribution in [1.82, 2.24) is 4.90 Å². The van der Waals surface area contributed by atoms with Gasteiger partial charge in [-0.2, -0.15) is 0 Å². The fourth-order valence-corrected chi connectivity index (χ4v) is 4.07. The molecule has 2 rings (SSSR count). The van der Waals surface area contributed by atoms with Gasteiger partial charge in [0.25, 0.3) is 0 Å². The molecule has 0 saturated carbocycles. The number of sulfone groups is 1. The molecule has 0 aliphatic carbocycles. The zero-order chi connectivity index (χ0) is 19.0. The highest BCUT2D eigenvalue weighted by atomic mass is 32.2. The van der Waals surface area contributed by atoms with Crippen LogP contribution in [0.25, 0.3) is 0 Å². The van der Waals surface area contributed by atoms with Crippen LogP contribution in [-0.4, -0.2) is 37.8 Å². The van der Waals surface area contributed by atoms with Crippen molar-refractivity contribution in [2.75, 3.05) is 12.4 Å². The van der Waals surface area contributed by atoms with Gasteiger partial charge in [0.15, 0.2) is 9.84 Å². The quantitative estimate of drug-likeness (QED) is 0.702. The third-order valence-corrected chi connectivity index (χ3v) is 5.90. The van der Waals surface area contributed by atoms with Crippen molar-refractivity contribution in [2.24, 2.45) is 0 Å². The highest BCUT2D eigenvalue weighted by Gasteiger charge is 2.24. The molecular weight excluding hydrogens is 350 g/mol. The zero-order valence-corrected chi connectivity index (χ0v) is 16.0. The molecule has 0 N–H and O–H groups in total. The average molecular weight is 375 g/mol. The minimum atomic E-state index is -3.38. The number of carbonyl (C=O) groups excluding carboxylic acids is 1. The molecule has 2 aromatic carbocycles. The standard InChI is InChI=1S/C20H25NO4S/c1-3-25-20(22)21(16-18-10-6-4-7-11-18)17(2)14-15-26(23,24)19-12-8-5-9-13-19/h4-13,17H,3,14-16H2,1-2H3. The molecule has 5 nitrogen and oxygen atoms in total. The SMILES string of the molecule is CCOC(=O)N(Cc1ccccc1)C(C)CCS(=O)(=O)c1ccccc1. The maximum atomic E-state index is 12.5. The van der Waals surface area contributed by atoms with Crippen LogP contribution >= 0.6 is 0 Å². The molecule has 0 radical (unpaired) electrons. The number of benzene rings is 2. The van der Waals surface area contributed by atoms with E-state index in [2.05, 4.69) is 0 Å². The molecule has 1 atom stereocenters. The summed E-state index contributed by atoms with van der Waals surface area (Å²) in [5, 5.41) is 0. The van der Waals surface area contributed by atoms with Crippen molar-refractivity contribution >= 4 is 15.9 Å². The number of hydrogen-bond donors (Lipinski definition) is 0. The van der Waals surface area contributed by atoms with Crippen LogP contribution in [-0.2, 0) is 21.1 Å². The highest BCUT2D eigenvalue weighted by Crippen LogP contribution is 2.17. The lowest BCUT2D eigenvalue weighted by atomic mass is 10.1. The molecule has 0 saturated heterocycles. The van der Waals surface area contributed by atoms with Gasteiger partial charge in [0, 0.05) is 12.6 Å². The predicted octanol–water partition coefficient (Wildman–Crippen LogP) is 3.90. The van der Waals surface area contributed by atoms with Gasteiger partial charge in [-0.15, -0.1) is 0 Å². The summed E-state index contributed by atoms with van der Waals surface area (Å²) in [6, 6.07) is 17.7. The smallest absolute Gasteiger partial charge is 0.410 e. The summed E-state index contributed by atoms with van der Waals surface area (Å²) in [6.45, 7) is 4.26. The molecule has 0 aliphatic heterocycles. The minimum absolute atomic E-state index is 0.0249. The van der Waals surface area contributed by atoms with E-state index in [4.69, 9.17) is 4.74 Å². The van der Waals surface area contributed by atoms with Gasteiger partial charge in [-0.3, -0.25) is 0 Å². The molecular formula is C20H25NO4S. The number of carbonyl (C=O) groups is 1. The largest absolute Gasteiger partial charge is 0.450 e. The van der Waals surface area contributed by atoms with E-state index in [1.54, 1.807) is 42.2 Å². The number of hydrogen-bond acceptors (Lipinski definition) is 4. The van der Waals surface area contributed by atoms with Gasteiger partial charge in [-0.25, -0.2) is 13.2 Å². The maximum Gasteiger partial charge on any atom is 0.410 e. The number of ether oxygens (including phenoxy) is 1. The lowest BCUT2D eigenvalue weighted by molar-refractivity contribution is 0.0891. The molecule has 1 unspecified atom stereocenters. The predicted molar refractivity (Wildman–Crippen MR) is 102 cm³/mol. The van der Waals surface area contributed by atoms with Crippen LogP contribution < -0.4 is 0 Å². The Hall–Kier alpha value is -2.34. The second kappa shape index (κ2) is 9.38. The van der Waals surface area contributed by atoms with Gasteiger partial charge in [-0.1, -0.05) is 48.5 Å². The lowest BCUT2D eigenvalue weighted by Gasteiger charge is -2.28. The molecule has 26 heavy (non-hydrogen) atoms. The number of rotatable bonds is 8. The molecule has 6 heteroatoms. The Kier molecular flexibility index (Phi) is 7.21. The normalized spacial score (nSPS) is 12.4. The first kappa shape index (κ1) is 20.0. The highest BCUT2D eigenvalue weighted by molar-refractivity contribution is 7.91. The van der Waals surface area contributed by atoms with E-state index in [-0.39, 0.29) is 18.4 Å². The van der Waals surface area contributed by atoms with Crippen LogP contribution in [0.1, 0.15) is 25.8 Å². The molecule has 0 spiro atoms.